The molecule has 1 aromatic carbocycles. The van der Waals surface area contributed by atoms with Gasteiger partial charge in [-0.3, -0.25) is 9.59 Å². The average molecular weight is 433 g/mol. The fourth-order valence-electron chi connectivity index (χ4n) is 4.84. The number of nitrogens with one attached hydrogen (secondary N) is 2. The van der Waals surface area contributed by atoms with E-state index in [0.717, 1.165) is 58.8 Å². The van der Waals surface area contributed by atoms with Crippen molar-refractivity contribution in [2.45, 2.75) is 38.6 Å². The van der Waals surface area contributed by atoms with E-state index in [0.29, 0.717) is 26.1 Å². The van der Waals surface area contributed by atoms with Gasteiger partial charge in [0.15, 0.2) is 0 Å². The summed E-state index contributed by atoms with van der Waals surface area (Å²) in [7, 11) is 1.85. The summed E-state index contributed by atoms with van der Waals surface area (Å²) in [5, 5.41) is 4.29. The number of anilines is 1. The molecule has 2 aliphatic rings. The largest absolute Gasteiger partial charge is 0.373 e. The average Bonchev–Trinajstić information content (AvgIpc) is 3.46. The number of aromatic amines is 1. The SMILES string of the molecule is CNc1nc([C@H]2CCN(C(=O)Cc3c[nH]c4ccccc34)C2)nc2c1CN(C(C)=O)CC2. The summed E-state index contributed by atoms with van der Waals surface area (Å²) in [4.78, 5) is 41.5. The van der Waals surface area contributed by atoms with Crippen LogP contribution in [0, 0.1) is 0 Å². The summed E-state index contributed by atoms with van der Waals surface area (Å²) >= 11 is 0. The third-order valence-corrected chi connectivity index (χ3v) is 6.68. The van der Waals surface area contributed by atoms with E-state index in [1.807, 2.05) is 41.2 Å². The molecule has 0 bridgehead atoms. The predicted molar refractivity (Wildman–Crippen MR) is 122 cm³/mol. The Kier molecular flexibility index (Phi) is 5.28. The molecule has 0 aliphatic carbocycles. The minimum absolute atomic E-state index is 0.0712. The second kappa shape index (κ2) is 8.26. The maximum Gasteiger partial charge on any atom is 0.227 e. The second-order valence-corrected chi connectivity index (χ2v) is 8.66. The smallest absolute Gasteiger partial charge is 0.227 e. The van der Waals surface area contributed by atoms with Crippen LogP contribution in [-0.2, 0) is 29.0 Å². The highest BCUT2D eigenvalue weighted by Gasteiger charge is 2.31. The highest BCUT2D eigenvalue weighted by Crippen LogP contribution is 2.30. The Morgan fingerprint density at radius 1 is 1.19 bits per heavy atom. The molecule has 1 saturated heterocycles. The van der Waals surface area contributed by atoms with E-state index in [-0.39, 0.29) is 17.7 Å². The van der Waals surface area contributed by atoms with E-state index in [9.17, 15) is 9.59 Å². The van der Waals surface area contributed by atoms with Gasteiger partial charge in [-0.1, -0.05) is 18.2 Å². The first-order valence-corrected chi connectivity index (χ1v) is 11.2. The zero-order valence-electron chi connectivity index (χ0n) is 18.5. The predicted octanol–water partition coefficient (Wildman–Crippen LogP) is 2.46. The van der Waals surface area contributed by atoms with Crippen LogP contribution < -0.4 is 5.32 Å². The quantitative estimate of drug-likeness (QED) is 0.661. The van der Waals surface area contributed by atoms with Crippen molar-refractivity contribution in [3.63, 3.8) is 0 Å². The number of para-hydroxylation sites is 1. The van der Waals surface area contributed by atoms with Gasteiger partial charge in [0.1, 0.15) is 11.6 Å². The van der Waals surface area contributed by atoms with Crippen molar-refractivity contribution in [1.82, 2.24) is 24.8 Å². The molecule has 1 fully saturated rings. The first-order valence-electron chi connectivity index (χ1n) is 11.2. The molecule has 2 aromatic heterocycles. The van der Waals surface area contributed by atoms with Crippen molar-refractivity contribution in [3.05, 3.63) is 53.1 Å². The number of nitrogens with zero attached hydrogens (tertiary/aromatic N) is 4. The minimum Gasteiger partial charge on any atom is -0.373 e. The molecule has 3 aromatic rings. The molecule has 32 heavy (non-hydrogen) atoms. The summed E-state index contributed by atoms with van der Waals surface area (Å²) in [5.41, 5.74) is 4.11. The van der Waals surface area contributed by atoms with E-state index in [1.54, 1.807) is 6.92 Å². The van der Waals surface area contributed by atoms with E-state index < -0.39 is 0 Å². The molecule has 5 rings (SSSR count). The number of rotatable bonds is 4. The monoisotopic (exact) mass is 432 g/mol. The second-order valence-electron chi connectivity index (χ2n) is 8.66. The maximum atomic E-state index is 13.0. The number of aromatic nitrogens is 3. The van der Waals surface area contributed by atoms with E-state index in [4.69, 9.17) is 9.97 Å². The number of fused-ring (bicyclic) bond motifs is 2. The molecular weight excluding hydrogens is 404 g/mol. The Morgan fingerprint density at radius 2 is 2.03 bits per heavy atom. The number of H-pyrrole nitrogens is 1. The van der Waals surface area contributed by atoms with Crippen LogP contribution >= 0.6 is 0 Å². The number of likely N-dealkylation sites (tertiary alicyclic amines) is 1. The van der Waals surface area contributed by atoms with Gasteiger partial charge < -0.3 is 20.1 Å². The summed E-state index contributed by atoms with van der Waals surface area (Å²) in [5.74, 6) is 1.93. The van der Waals surface area contributed by atoms with Gasteiger partial charge in [0, 0.05) is 68.6 Å². The van der Waals surface area contributed by atoms with Crippen LogP contribution in [0.25, 0.3) is 10.9 Å². The zero-order chi connectivity index (χ0) is 22.2. The molecule has 2 amide bonds. The van der Waals surface area contributed by atoms with Gasteiger partial charge in [-0.25, -0.2) is 9.97 Å². The molecular formula is C24H28N6O2. The lowest BCUT2D eigenvalue weighted by molar-refractivity contribution is -0.130. The molecule has 4 heterocycles. The van der Waals surface area contributed by atoms with E-state index >= 15 is 0 Å². The third kappa shape index (κ3) is 3.70. The minimum atomic E-state index is 0.0712. The van der Waals surface area contributed by atoms with Gasteiger partial charge >= 0.3 is 0 Å². The highest BCUT2D eigenvalue weighted by atomic mass is 16.2. The van der Waals surface area contributed by atoms with E-state index in [1.165, 1.54) is 0 Å². The summed E-state index contributed by atoms with van der Waals surface area (Å²) < 4.78 is 0. The highest BCUT2D eigenvalue weighted by molar-refractivity contribution is 5.89. The number of amides is 2. The lowest BCUT2D eigenvalue weighted by Gasteiger charge is -2.29. The first kappa shape index (κ1) is 20.5. The maximum absolute atomic E-state index is 13.0. The van der Waals surface area contributed by atoms with Crippen LogP contribution in [0.5, 0.6) is 0 Å². The van der Waals surface area contributed by atoms with Gasteiger partial charge in [0.2, 0.25) is 11.8 Å². The van der Waals surface area contributed by atoms with Crippen LogP contribution in [0.3, 0.4) is 0 Å². The van der Waals surface area contributed by atoms with Crippen molar-refractivity contribution < 1.29 is 9.59 Å². The van der Waals surface area contributed by atoms with Crippen molar-refractivity contribution in [1.29, 1.82) is 0 Å². The molecule has 8 nitrogen and oxygen atoms in total. The Labute approximate surface area is 187 Å². The van der Waals surface area contributed by atoms with Gasteiger partial charge in [0.05, 0.1) is 18.7 Å². The lowest BCUT2D eigenvalue weighted by atomic mass is 10.0. The van der Waals surface area contributed by atoms with Crippen molar-refractivity contribution in [2.24, 2.45) is 0 Å². The van der Waals surface area contributed by atoms with Crippen LogP contribution in [0.2, 0.25) is 0 Å². The molecule has 0 spiro atoms. The van der Waals surface area contributed by atoms with Crippen molar-refractivity contribution >= 4 is 28.5 Å². The Hall–Kier alpha value is -3.42. The first-order chi connectivity index (χ1) is 15.5. The van der Waals surface area contributed by atoms with Crippen LogP contribution in [0.4, 0.5) is 5.82 Å². The molecule has 0 saturated carbocycles. The fraction of sp³-hybridized carbons (Fsp3) is 0.417. The summed E-state index contributed by atoms with van der Waals surface area (Å²) in [6, 6.07) is 8.07. The Bertz CT molecular complexity index is 1170. The number of carbonyl (C=O) groups is 2. The molecule has 8 heteroatoms. The number of carbonyl (C=O) groups excluding carboxylic acids is 2. The molecule has 2 N–H and O–H groups in total. The van der Waals surface area contributed by atoms with Gasteiger partial charge in [-0.05, 0) is 18.1 Å². The van der Waals surface area contributed by atoms with Crippen molar-refractivity contribution in [3.8, 4) is 0 Å². The molecule has 166 valence electrons. The van der Waals surface area contributed by atoms with Crippen molar-refractivity contribution in [2.75, 3.05) is 32.0 Å². The lowest BCUT2D eigenvalue weighted by Crippen LogP contribution is -2.35. The summed E-state index contributed by atoms with van der Waals surface area (Å²) in [6.07, 6.45) is 3.92. The molecule has 2 aliphatic heterocycles. The topological polar surface area (TPSA) is 94.2 Å². The molecule has 0 unspecified atom stereocenters. The van der Waals surface area contributed by atoms with Crippen LogP contribution in [0.15, 0.2) is 30.5 Å². The van der Waals surface area contributed by atoms with Crippen LogP contribution in [-0.4, -0.2) is 63.2 Å². The van der Waals surface area contributed by atoms with E-state index in [2.05, 4.69) is 16.4 Å². The Balaban J connectivity index is 1.31. The zero-order valence-corrected chi connectivity index (χ0v) is 18.5. The van der Waals surface area contributed by atoms with Gasteiger partial charge in [0.25, 0.3) is 0 Å². The Morgan fingerprint density at radius 3 is 2.84 bits per heavy atom. The van der Waals surface area contributed by atoms with Crippen LogP contribution in [0.1, 0.15) is 41.9 Å². The number of benzene rings is 1. The van der Waals surface area contributed by atoms with Gasteiger partial charge in [-0.15, -0.1) is 0 Å². The fourth-order valence-corrected chi connectivity index (χ4v) is 4.84. The standard InChI is InChI=1S/C24H28N6O2/c1-15(31)29-10-8-21-19(14-29)24(25-2)28-23(27-21)16-7-9-30(13-16)22(32)11-17-12-26-20-6-4-3-5-18(17)20/h3-6,12,16,26H,7-11,13-14H2,1-2H3,(H,25,27,28)/t16-/m0/s1. The normalized spacial score (nSPS) is 18.1. The molecule has 0 radical (unpaired) electrons. The van der Waals surface area contributed by atoms with Gasteiger partial charge in [-0.2, -0.15) is 0 Å². The third-order valence-electron chi connectivity index (χ3n) is 6.68. The summed E-state index contributed by atoms with van der Waals surface area (Å²) in [6.45, 7) is 4.19. The number of hydrogen-bond acceptors (Lipinski definition) is 5. The number of hydrogen-bond donors (Lipinski definition) is 2. The molecule has 1 atom stereocenters.